The Kier molecular flexibility index (Phi) is 4.52. The van der Waals surface area contributed by atoms with Crippen molar-refractivity contribution in [2.24, 2.45) is 0 Å². The Balaban J connectivity index is 2.09. The zero-order chi connectivity index (χ0) is 16.2. The largest absolute Gasteiger partial charge is 0.336 e. The topological polar surface area (TPSA) is 51.0 Å². The van der Waals surface area contributed by atoms with Crippen molar-refractivity contribution in [1.82, 2.24) is 19.7 Å². The van der Waals surface area contributed by atoms with Crippen molar-refractivity contribution in [3.8, 4) is 16.4 Å². The molecule has 0 saturated heterocycles. The molecule has 118 valence electrons. The van der Waals surface area contributed by atoms with Crippen LogP contribution in [0.1, 0.15) is 24.5 Å². The zero-order valence-corrected chi connectivity index (χ0v) is 14.0. The molecule has 0 aliphatic rings. The van der Waals surface area contributed by atoms with Gasteiger partial charge in [-0.05, 0) is 37.4 Å². The summed E-state index contributed by atoms with van der Waals surface area (Å²) in [4.78, 5) is 19.8. The van der Waals surface area contributed by atoms with Gasteiger partial charge in [-0.25, -0.2) is 9.67 Å². The van der Waals surface area contributed by atoms with Crippen molar-refractivity contribution in [3.63, 3.8) is 0 Å². The Bertz CT molecular complexity index is 776. The van der Waals surface area contributed by atoms with E-state index in [0.29, 0.717) is 18.9 Å². The minimum Gasteiger partial charge on any atom is -0.336 e. The monoisotopic (exact) mass is 326 g/mol. The number of rotatable bonds is 5. The lowest BCUT2D eigenvalue weighted by atomic mass is 10.3. The normalized spacial score (nSPS) is 10.7. The van der Waals surface area contributed by atoms with Crippen molar-refractivity contribution < 1.29 is 4.79 Å². The Hall–Kier alpha value is -2.47. The third kappa shape index (κ3) is 3.03. The SMILES string of the molecule is CCN(CC)C(=O)c1nc(-c2cccs2)n(-c2ccccc2)n1. The van der Waals surface area contributed by atoms with Crippen molar-refractivity contribution in [3.05, 3.63) is 53.7 Å². The van der Waals surface area contributed by atoms with E-state index in [2.05, 4.69) is 10.1 Å². The molecule has 0 fully saturated rings. The fourth-order valence-corrected chi connectivity index (χ4v) is 3.07. The lowest BCUT2D eigenvalue weighted by molar-refractivity contribution is 0.0761. The lowest BCUT2D eigenvalue weighted by Crippen LogP contribution is -2.31. The van der Waals surface area contributed by atoms with E-state index < -0.39 is 0 Å². The summed E-state index contributed by atoms with van der Waals surface area (Å²) in [5, 5.41) is 6.47. The van der Waals surface area contributed by atoms with Gasteiger partial charge in [0.05, 0.1) is 10.6 Å². The molecular formula is C17H18N4OS. The minimum atomic E-state index is -0.137. The Morgan fingerprint density at radius 2 is 1.87 bits per heavy atom. The summed E-state index contributed by atoms with van der Waals surface area (Å²) in [6.45, 7) is 5.19. The maximum atomic E-state index is 12.6. The van der Waals surface area contributed by atoms with Crippen molar-refractivity contribution in [2.45, 2.75) is 13.8 Å². The van der Waals surface area contributed by atoms with Gasteiger partial charge in [0, 0.05) is 13.1 Å². The Morgan fingerprint density at radius 1 is 1.13 bits per heavy atom. The van der Waals surface area contributed by atoms with Crippen LogP contribution >= 0.6 is 11.3 Å². The van der Waals surface area contributed by atoms with E-state index in [0.717, 1.165) is 10.6 Å². The molecule has 3 rings (SSSR count). The standard InChI is InChI=1S/C17H18N4OS/c1-3-20(4-2)17(22)15-18-16(14-11-8-12-23-14)21(19-15)13-9-6-5-7-10-13/h5-12H,3-4H2,1-2H3. The molecule has 0 aliphatic heterocycles. The highest BCUT2D eigenvalue weighted by Crippen LogP contribution is 2.25. The van der Waals surface area contributed by atoms with Crippen LogP contribution in [-0.4, -0.2) is 38.7 Å². The first kappa shape index (κ1) is 15.4. The van der Waals surface area contributed by atoms with E-state index in [9.17, 15) is 4.79 Å². The van der Waals surface area contributed by atoms with E-state index in [1.165, 1.54) is 0 Å². The highest BCUT2D eigenvalue weighted by molar-refractivity contribution is 7.13. The second kappa shape index (κ2) is 6.75. The molecule has 0 radical (unpaired) electrons. The van der Waals surface area contributed by atoms with E-state index in [1.807, 2.05) is 61.7 Å². The van der Waals surface area contributed by atoms with Crippen molar-refractivity contribution >= 4 is 17.2 Å². The van der Waals surface area contributed by atoms with Gasteiger partial charge >= 0.3 is 0 Å². The first-order valence-electron chi connectivity index (χ1n) is 7.60. The molecule has 5 nitrogen and oxygen atoms in total. The van der Waals surface area contributed by atoms with Crippen LogP contribution in [0.2, 0.25) is 0 Å². The van der Waals surface area contributed by atoms with Crippen LogP contribution in [0.15, 0.2) is 47.8 Å². The molecule has 0 aliphatic carbocycles. The molecule has 0 bridgehead atoms. The average Bonchev–Trinajstić information content (AvgIpc) is 3.26. The predicted molar refractivity (Wildman–Crippen MR) is 91.9 cm³/mol. The van der Waals surface area contributed by atoms with Gasteiger partial charge in [-0.3, -0.25) is 4.79 Å². The highest BCUT2D eigenvalue weighted by atomic mass is 32.1. The fraction of sp³-hybridized carbons (Fsp3) is 0.235. The molecule has 6 heteroatoms. The summed E-state index contributed by atoms with van der Waals surface area (Å²) < 4.78 is 1.74. The molecule has 0 atom stereocenters. The summed E-state index contributed by atoms with van der Waals surface area (Å²) in [5.41, 5.74) is 0.891. The molecule has 23 heavy (non-hydrogen) atoms. The molecule has 2 aromatic heterocycles. The fourth-order valence-electron chi connectivity index (χ4n) is 2.37. The van der Waals surface area contributed by atoms with Crippen LogP contribution in [0, 0.1) is 0 Å². The second-order valence-electron chi connectivity index (χ2n) is 4.96. The zero-order valence-electron chi connectivity index (χ0n) is 13.1. The molecular weight excluding hydrogens is 308 g/mol. The van der Waals surface area contributed by atoms with Crippen LogP contribution < -0.4 is 0 Å². The predicted octanol–water partition coefficient (Wildman–Crippen LogP) is 3.48. The van der Waals surface area contributed by atoms with E-state index >= 15 is 0 Å². The van der Waals surface area contributed by atoms with Crippen LogP contribution in [0.5, 0.6) is 0 Å². The third-order valence-electron chi connectivity index (χ3n) is 3.59. The summed E-state index contributed by atoms with van der Waals surface area (Å²) in [6, 6.07) is 13.7. The Morgan fingerprint density at radius 3 is 2.48 bits per heavy atom. The summed E-state index contributed by atoms with van der Waals surface area (Å²) in [7, 11) is 0. The van der Waals surface area contributed by atoms with Gasteiger partial charge in [0.1, 0.15) is 0 Å². The Labute approximate surface area is 139 Å². The number of hydrogen-bond donors (Lipinski definition) is 0. The molecule has 0 N–H and O–H groups in total. The van der Waals surface area contributed by atoms with Crippen LogP contribution in [0.25, 0.3) is 16.4 Å². The number of aromatic nitrogens is 3. The number of thiophene rings is 1. The first-order valence-corrected chi connectivity index (χ1v) is 8.48. The number of para-hydroxylation sites is 1. The van der Waals surface area contributed by atoms with Gasteiger partial charge < -0.3 is 4.90 Å². The number of carbonyl (C=O) groups excluding carboxylic acids is 1. The van der Waals surface area contributed by atoms with Gasteiger partial charge in [0.2, 0.25) is 5.82 Å². The smallest absolute Gasteiger partial charge is 0.293 e. The van der Waals surface area contributed by atoms with Crippen molar-refractivity contribution in [1.29, 1.82) is 0 Å². The molecule has 0 spiro atoms. The van der Waals surface area contributed by atoms with E-state index in [4.69, 9.17) is 0 Å². The summed E-state index contributed by atoms with van der Waals surface area (Å²) in [5.74, 6) is 0.796. The van der Waals surface area contributed by atoms with E-state index in [1.54, 1.807) is 20.9 Å². The third-order valence-corrected chi connectivity index (χ3v) is 4.46. The minimum absolute atomic E-state index is 0.137. The quantitative estimate of drug-likeness (QED) is 0.721. The molecule has 1 amide bonds. The van der Waals surface area contributed by atoms with Gasteiger partial charge in [-0.2, -0.15) is 0 Å². The van der Waals surface area contributed by atoms with Crippen molar-refractivity contribution in [2.75, 3.05) is 13.1 Å². The average molecular weight is 326 g/mol. The molecule has 2 heterocycles. The first-order chi connectivity index (χ1) is 11.2. The molecule has 1 aromatic carbocycles. The molecule has 3 aromatic rings. The van der Waals surface area contributed by atoms with Gasteiger partial charge in [0.25, 0.3) is 5.91 Å². The summed E-state index contributed by atoms with van der Waals surface area (Å²) in [6.07, 6.45) is 0. The summed E-state index contributed by atoms with van der Waals surface area (Å²) >= 11 is 1.58. The lowest BCUT2D eigenvalue weighted by Gasteiger charge is -2.15. The van der Waals surface area contributed by atoms with E-state index in [-0.39, 0.29) is 11.7 Å². The van der Waals surface area contributed by atoms with Crippen LogP contribution in [0.4, 0.5) is 0 Å². The van der Waals surface area contributed by atoms with Crippen LogP contribution in [0.3, 0.4) is 0 Å². The number of benzene rings is 1. The van der Waals surface area contributed by atoms with Gasteiger partial charge in [-0.1, -0.05) is 24.3 Å². The van der Waals surface area contributed by atoms with Gasteiger partial charge in [-0.15, -0.1) is 16.4 Å². The number of hydrogen-bond acceptors (Lipinski definition) is 4. The molecule has 0 unspecified atom stereocenters. The number of amides is 1. The maximum Gasteiger partial charge on any atom is 0.293 e. The highest BCUT2D eigenvalue weighted by Gasteiger charge is 2.22. The maximum absolute atomic E-state index is 12.6. The molecule has 0 saturated carbocycles. The number of carbonyl (C=O) groups is 1. The number of nitrogens with zero attached hydrogens (tertiary/aromatic N) is 4. The second-order valence-corrected chi connectivity index (χ2v) is 5.91. The van der Waals surface area contributed by atoms with Crippen LogP contribution in [-0.2, 0) is 0 Å². The van der Waals surface area contributed by atoms with Gasteiger partial charge in [0.15, 0.2) is 5.82 Å².